The number of carbonyl (C=O) groups excluding carboxylic acids is 2. The maximum absolute atomic E-state index is 11.9. The number of rotatable bonds is 5. The SMILES string of the molecule is COC(=O)c1cccc(COC(=O)c2ccc(S(=O)(=O)[O-])cc2)c1. The molecule has 0 N–H and O–H groups in total. The molecule has 126 valence electrons. The van der Waals surface area contributed by atoms with Gasteiger partial charge in [0, 0.05) is 0 Å². The molecule has 0 bridgehead atoms. The molecule has 0 spiro atoms. The van der Waals surface area contributed by atoms with Crippen molar-refractivity contribution in [3.05, 3.63) is 65.2 Å². The first-order valence-corrected chi connectivity index (χ1v) is 8.12. The van der Waals surface area contributed by atoms with Crippen LogP contribution in [0.15, 0.2) is 53.4 Å². The Kier molecular flexibility index (Phi) is 5.32. The Balaban J connectivity index is 2.04. The zero-order chi connectivity index (χ0) is 17.7. The van der Waals surface area contributed by atoms with Gasteiger partial charge in [-0.3, -0.25) is 0 Å². The number of methoxy groups -OCH3 is 1. The van der Waals surface area contributed by atoms with Crippen LogP contribution in [0.25, 0.3) is 0 Å². The highest BCUT2D eigenvalue weighted by Gasteiger charge is 2.10. The summed E-state index contributed by atoms with van der Waals surface area (Å²) in [6.07, 6.45) is 0. The van der Waals surface area contributed by atoms with Gasteiger partial charge in [-0.25, -0.2) is 18.0 Å². The summed E-state index contributed by atoms with van der Waals surface area (Å²) in [4.78, 5) is 22.9. The lowest BCUT2D eigenvalue weighted by atomic mass is 10.1. The Morgan fingerprint density at radius 1 is 1.00 bits per heavy atom. The highest BCUT2D eigenvalue weighted by Crippen LogP contribution is 2.13. The monoisotopic (exact) mass is 349 g/mol. The Morgan fingerprint density at radius 2 is 1.67 bits per heavy atom. The molecule has 0 heterocycles. The van der Waals surface area contributed by atoms with Crippen molar-refractivity contribution in [3.63, 3.8) is 0 Å². The first-order valence-electron chi connectivity index (χ1n) is 6.71. The molecule has 0 aliphatic rings. The van der Waals surface area contributed by atoms with Crippen molar-refractivity contribution in [1.29, 1.82) is 0 Å². The minimum atomic E-state index is -4.56. The van der Waals surface area contributed by atoms with Crippen LogP contribution in [-0.2, 0) is 26.2 Å². The van der Waals surface area contributed by atoms with Gasteiger partial charge in [-0.15, -0.1) is 0 Å². The van der Waals surface area contributed by atoms with E-state index in [0.29, 0.717) is 11.1 Å². The molecule has 24 heavy (non-hydrogen) atoms. The summed E-state index contributed by atoms with van der Waals surface area (Å²) < 4.78 is 42.2. The summed E-state index contributed by atoms with van der Waals surface area (Å²) >= 11 is 0. The standard InChI is InChI=1S/C16H14O7S/c1-22-15(17)13-4-2-3-11(9-13)10-23-16(18)12-5-7-14(8-6-12)24(19,20)21/h2-9H,10H2,1H3,(H,19,20,21)/p-1. The van der Waals surface area contributed by atoms with Crippen LogP contribution >= 0.6 is 0 Å². The predicted octanol–water partition coefficient (Wildman–Crippen LogP) is 1.73. The minimum absolute atomic E-state index is 0.0781. The second-order valence-corrected chi connectivity index (χ2v) is 6.13. The van der Waals surface area contributed by atoms with Gasteiger partial charge in [-0.05, 0) is 42.0 Å². The minimum Gasteiger partial charge on any atom is -0.744 e. The van der Waals surface area contributed by atoms with E-state index in [9.17, 15) is 22.6 Å². The summed E-state index contributed by atoms with van der Waals surface area (Å²) in [6, 6.07) is 10.9. The summed E-state index contributed by atoms with van der Waals surface area (Å²) in [7, 11) is -3.30. The van der Waals surface area contributed by atoms with Crippen LogP contribution in [0.3, 0.4) is 0 Å². The van der Waals surface area contributed by atoms with Gasteiger partial charge in [0.1, 0.15) is 16.7 Å². The molecule has 0 saturated heterocycles. The Bertz CT molecular complexity index is 854. The van der Waals surface area contributed by atoms with Gasteiger partial charge in [0.2, 0.25) is 0 Å². The van der Waals surface area contributed by atoms with E-state index in [2.05, 4.69) is 4.74 Å². The van der Waals surface area contributed by atoms with Gasteiger partial charge in [0.05, 0.1) is 23.1 Å². The highest BCUT2D eigenvalue weighted by atomic mass is 32.2. The number of hydrogen-bond donors (Lipinski definition) is 0. The quantitative estimate of drug-likeness (QED) is 0.597. The summed E-state index contributed by atoms with van der Waals surface area (Å²) in [6.45, 7) is -0.0781. The first-order chi connectivity index (χ1) is 11.3. The average molecular weight is 349 g/mol. The van der Waals surface area contributed by atoms with Crippen LogP contribution in [-0.4, -0.2) is 32.0 Å². The van der Waals surface area contributed by atoms with E-state index in [4.69, 9.17) is 4.74 Å². The van der Waals surface area contributed by atoms with Crippen molar-refractivity contribution in [2.45, 2.75) is 11.5 Å². The van der Waals surface area contributed by atoms with Crippen molar-refractivity contribution < 1.29 is 32.0 Å². The number of ether oxygens (including phenoxy) is 2. The molecule has 2 aromatic carbocycles. The summed E-state index contributed by atoms with van der Waals surface area (Å²) in [5.41, 5.74) is 1.02. The van der Waals surface area contributed by atoms with Gasteiger partial charge < -0.3 is 14.0 Å². The molecule has 0 unspecified atom stereocenters. The zero-order valence-electron chi connectivity index (χ0n) is 12.6. The molecule has 0 amide bonds. The number of hydrogen-bond acceptors (Lipinski definition) is 7. The summed E-state index contributed by atoms with van der Waals surface area (Å²) in [5.74, 6) is -1.19. The van der Waals surface area contributed by atoms with E-state index < -0.39 is 27.0 Å². The molecule has 0 radical (unpaired) electrons. The fraction of sp³-hybridized carbons (Fsp3) is 0.125. The molecule has 0 atom stereocenters. The van der Waals surface area contributed by atoms with Gasteiger partial charge >= 0.3 is 11.9 Å². The third kappa shape index (κ3) is 4.40. The second-order valence-electron chi connectivity index (χ2n) is 4.75. The van der Waals surface area contributed by atoms with Crippen LogP contribution in [0, 0.1) is 0 Å². The molecule has 8 heteroatoms. The van der Waals surface area contributed by atoms with Crippen molar-refractivity contribution in [2.24, 2.45) is 0 Å². The molecular formula is C16H13O7S-. The first kappa shape index (κ1) is 17.6. The molecule has 2 rings (SSSR count). The second kappa shape index (κ2) is 7.24. The highest BCUT2D eigenvalue weighted by molar-refractivity contribution is 7.85. The number of benzene rings is 2. The predicted molar refractivity (Wildman–Crippen MR) is 81.3 cm³/mol. The smallest absolute Gasteiger partial charge is 0.338 e. The lowest BCUT2D eigenvalue weighted by molar-refractivity contribution is 0.0472. The van der Waals surface area contributed by atoms with Crippen LogP contribution in [0.2, 0.25) is 0 Å². The fourth-order valence-corrected chi connectivity index (χ4v) is 2.37. The Labute approximate surface area is 138 Å². The Morgan fingerprint density at radius 3 is 2.25 bits per heavy atom. The van der Waals surface area contributed by atoms with Crippen LogP contribution in [0.4, 0.5) is 0 Å². The third-order valence-corrected chi connectivity index (χ3v) is 3.95. The molecule has 0 saturated carbocycles. The largest absolute Gasteiger partial charge is 0.744 e. The van der Waals surface area contributed by atoms with E-state index in [1.165, 1.54) is 25.3 Å². The van der Waals surface area contributed by atoms with E-state index in [1.54, 1.807) is 18.2 Å². The van der Waals surface area contributed by atoms with E-state index >= 15 is 0 Å². The Hall–Kier alpha value is -2.71. The lowest BCUT2D eigenvalue weighted by Gasteiger charge is -2.08. The van der Waals surface area contributed by atoms with Gasteiger partial charge in [-0.2, -0.15) is 0 Å². The van der Waals surface area contributed by atoms with E-state index in [0.717, 1.165) is 12.1 Å². The molecule has 7 nitrogen and oxygen atoms in total. The van der Waals surface area contributed by atoms with Crippen molar-refractivity contribution in [1.82, 2.24) is 0 Å². The normalized spacial score (nSPS) is 10.9. The van der Waals surface area contributed by atoms with Gasteiger partial charge in [0.25, 0.3) is 0 Å². The van der Waals surface area contributed by atoms with E-state index in [-0.39, 0.29) is 12.2 Å². The number of carbonyl (C=O) groups is 2. The van der Waals surface area contributed by atoms with Crippen LogP contribution < -0.4 is 0 Å². The van der Waals surface area contributed by atoms with Crippen LogP contribution in [0.1, 0.15) is 26.3 Å². The topological polar surface area (TPSA) is 110 Å². The molecule has 0 aromatic heterocycles. The van der Waals surface area contributed by atoms with Crippen molar-refractivity contribution in [3.8, 4) is 0 Å². The van der Waals surface area contributed by atoms with E-state index in [1.807, 2.05) is 0 Å². The maximum atomic E-state index is 11.9. The lowest BCUT2D eigenvalue weighted by Crippen LogP contribution is -2.07. The maximum Gasteiger partial charge on any atom is 0.338 e. The van der Waals surface area contributed by atoms with Crippen molar-refractivity contribution in [2.75, 3.05) is 7.11 Å². The van der Waals surface area contributed by atoms with Crippen LogP contribution in [0.5, 0.6) is 0 Å². The molecule has 2 aromatic rings. The van der Waals surface area contributed by atoms with Crippen molar-refractivity contribution >= 4 is 22.1 Å². The molecule has 0 fully saturated rings. The third-order valence-electron chi connectivity index (χ3n) is 3.10. The average Bonchev–Trinajstić information content (AvgIpc) is 2.58. The van der Waals surface area contributed by atoms with Gasteiger partial charge in [0.15, 0.2) is 0 Å². The number of esters is 2. The zero-order valence-corrected chi connectivity index (χ0v) is 13.4. The fourth-order valence-electron chi connectivity index (χ4n) is 1.90. The molecule has 0 aliphatic carbocycles. The van der Waals surface area contributed by atoms with Gasteiger partial charge in [-0.1, -0.05) is 12.1 Å². The molecule has 0 aliphatic heterocycles. The summed E-state index contributed by atoms with van der Waals surface area (Å²) in [5, 5.41) is 0. The molecular weight excluding hydrogens is 336 g/mol.